The average Bonchev–Trinajstić information content (AvgIpc) is 2.91. The third kappa shape index (κ3) is 3.61. The predicted octanol–water partition coefficient (Wildman–Crippen LogP) is 1.18. The van der Waals surface area contributed by atoms with E-state index in [1.54, 1.807) is 12.3 Å². The van der Waals surface area contributed by atoms with E-state index in [-0.39, 0.29) is 17.4 Å². The third-order valence-corrected chi connectivity index (χ3v) is 3.92. The van der Waals surface area contributed by atoms with Crippen molar-refractivity contribution in [3.63, 3.8) is 0 Å². The standard InChI is InChI=1S/C15H25N3O2/c1-15(2,3)13(19)11-17-7-9-18(10-8-17)14(20)12-5-4-6-16-12/h4-6,13,16,19H,7-11H2,1-3H3. The van der Waals surface area contributed by atoms with Gasteiger partial charge in [-0.25, -0.2) is 0 Å². The Bertz CT molecular complexity index is 428. The summed E-state index contributed by atoms with van der Waals surface area (Å²) in [6.07, 6.45) is 1.43. The molecule has 2 N–H and O–H groups in total. The molecular weight excluding hydrogens is 254 g/mol. The lowest BCUT2D eigenvalue weighted by Gasteiger charge is -2.37. The van der Waals surface area contributed by atoms with Crippen molar-refractivity contribution in [2.24, 2.45) is 5.41 Å². The highest BCUT2D eigenvalue weighted by molar-refractivity contribution is 5.92. The van der Waals surface area contributed by atoms with Crippen LogP contribution in [-0.4, -0.2) is 64.6 Å². The predicted molar refractivity (Wildman–Crippen MR) is 78.6 cm³/mol. The van der Waals surface area contributed by atoms with E-state index in [9.17, 15) is 9.90 Å². The van der Waals surface area contributed by atoms with E-state index < -0.39 is 0 Å². The molecule has 0 aliphatic carbocycles. The van der Waals surface area contributed by atoms with Gasteiger partial charge >= 0.3 is 0 Å². The van der Waals surface area contributed by atoms with Crippen LogP contribution in [-0.2, 0) is 0 Å². The number of aliphatic hydroxyl groups excluding tert-OH is 1. The van der Waals surface area contributed by atoms with Gasteiger partial charge in [0.2, 0.25) is 0 Å². The van der Waals surface area contributed by atoms with Crippen molar-refractivity contribution in [1.29, 1.82) is 0 Å². The number of aliphatic hydroxyl groups is 1. The summed E-state index contributed by atoms with van der Waals surface area (Å²) in [5.41, 5.74) is 0.546. The molecule has 1 aromatic heterocycles. The summed E-state index contributed by atoms with van der Waals surface area (Å²) in [5.74, 6) is 0.0611. The molecule has 1 atom stereocenters. The van der Waals surface area contributed by atoms with Gasteiger partial charge in [-0.1, -0.05) is 20.8 Å². The number of hydrogen-bond donors (Lipinski definition) is 2. The highest BCUT2D eigenvalue weighted by atomic mass is 16.3. The van der Waals surface area contributed by atoms with Crippen LogP contribution in [0.25, 0.3) is 0 Å². The Morgan fingerprint density at radius 1 is 1.35 bits per heavy atom. The Balaban J connectivity index is 1.82. The molecule has 5 nitrogen and oxygen atoms in total. The van der Waals surface area contributed by atoms with Crippen LogP contribution >= 0.6 is 0 Å². The average molecular weight is 279 g/mol. The van der Waals surface area contributed by atoms with Crippen molar-refractivity contribution < 1.29 is 9.90 Å². The smallest absolute Gasteiger partial charge is 0.270 e. The molecule has 2 rings (SSSR count). The molecule has 1 amide bonds. The normalized spacial score (nSPS) is 19.1. The van der Waals surface area contributed by atoms with Crippen LogP contribution in [0.4, 0.5) is 0 Å². The molecule has 1 aliphatic heterocycles. The molecule has 1 saturated heterocycles. The van der Waals surface area contributed by atoms with Gasteiger partial charge in [0.05, 0.1) is 6.10 Å². The molecule has 1 aliphatic rings. The highest BCUT2D eigenvalue weighted by Gasteiger charge is 2.27. The molecular formula is C15H25N3O2. The summed E-state index contributed by atoms with van der Waals surface area (Å²) in [5, 5.41) is 10.1. The lowest BCUT2D eigenvalue weighted by molar-refractivity contribution is 0.0136. The van der Waals surface area contributed by atoms with Gasteiger partial charge in [0, 0.05) is 38.9 Å². The number of carbonyl (C=O) groups is 1. The van der Waals surface area contributed by atoms with E-state index in [4.69, 9.17) is 0 Å². The number of β-amino-alcohol motifs (C(OH)–C–C–N with tert-alkyl or cyclic N) is 1. The van der Waals surface area contributed by atoms with Crippen LogP contribution in [0.3, 0.4) is 0 Å². The van der Waals surface area contributed by atoms with Crippen LogP contribution in [0.1, 0.15) is 31.3 Å². The second kappa shape index (κ2) is 5.97. The summed E-state index contributed by atoms with van der Waals surface area (Å²) >= 11 is 0. The number of aromatic nitrogens is 1. The maximum atomic E-state index is 12.2. The monoisotopic (exact) mass is 279 g/mol. The Morgan fingerprint density at radius 3 is 2.50 bits per heavy atom. The van der Waals surface area contributed by atoms with Gasteiger partial charge in [0.25, 0.3) is 5.91 Å². The zero-order valence-electron chi connectivity index (χ0n) is 12.6. The van der Waals surface area contributed by atoms with Gasteiger partial charge in [0.1, 0.15) is 5.69 Å². The molecule has 1 fully saturated rings. The van der Waals surface area contributed by atoms with Crippen molar-refractivity contribution in [3.8, 4) is 0 Å². The van der Waals surface area contributed by atoms with E-state index in [1.807, 2.05) is 31.7 Å². The van der Waals surface area contributed by atoms with E-state index in [0.29, 0.717) is 25.3 Å². The molecule has 1 aromatic rings. The first-order valence-corrected chi connectivity index (χ1v) is 7.21. The van der Waals surface area contributed by atoms with Gasteiger partial charge in [0.15, 0.2) is 0 Å². The van der Waals surface area contributed by atoms with E-state index >= 15 is 0 Å². The Morgan fingerprint density at radius 2 is 2.00 bits per heavy atom. The molecule has 20 heavy (non-hydrogen) atoms. The van der Waals surface area contributed by atoms with Crippen molar-refractivity contribution in [2.45, 2.75) is 26.9 Å². The summed E-state index contributed by atoms with van der Waals surface area (Å²) in [6.45, 7) is 9.88. The molecule has 112 valence electrons. The van der Waals surface area contributed by atoms with Crippen molar-refractivity contribution in [2.75, 3.05) is 32.7 Å². The number of nitrogens with one attached hydrogen (secondary N) is 1. The minimum absolute atomic E-state index is 0.0611. The van der Waals surface area contributed by atoms with Crippen LogP contribution in [0, 0.1) is 5.41 Å². The Labute approximate surface area is 120 Å². The number of amides is 1. The number of hydrogen-bond acceptors (Lipinski definition) is 3. The maximum absolute atomic E-state index is 12.2. The zero-order valence-corrected chi connectivity index (χ0v) is 12.6. The fourth-order valence-electron chi connectivity index (χ4n) is 2.29. The van der Waals surface area contributed by atoms with E-state index in [2.05, 4.69) is 9.88 Å². The second-order valence-electron chi connectivity index (χ2n) is 6.56. The zero-order chi connectivity index (χ0) is 14.8. The lowest BCUT2D eigenvalue weighted by atomic mass is 9.89. The second-order valence-corrected chi connectivity index (χ2v) is 6.56. The highest BCUT2D eigenvalue weighted by Crippen LogP contribution is 2.20. The largest absolute Gasteiger partial charge is 0.391 e. The summed E-state index contributed by atoms with van der Waals surface area (Å²) < 4.78 is 0. The van der Waals surface area contributed by atoms with Crippen LogP contribution in [0.5, 0.6) is 0 Å². The quantitative estimate of drug-likeness (QED) is 0.873. The number of rotatable bonds is 3. The van der Waals surface area contributed by atoms with Crippen LogP contribution in [0.15, 0.2) is 18.3 Å². The molecule has 0 saturated carbocycles. The Kier molecular flexibility index (Phi) is 4.50. The molecule has 0 bridgehead atoms. The summed E-state index contributed by atoms with van der Waals surface area (Å²) in [6, 6.07) is 3.64. The number of H-pyrrole nitrogens is 1. The van der Waals surface area contributed by atoms with E-state index in [0.717, 1.165) is 13.1 Å². The van der Waals surface area contributed by atoms with E-state index in [1.165, 1.54) is 0 Å². The first kappa shape index (κ1) is 15.1. The van der Waals surface area contributed by atoms with Gasteiger partial charge in [-0.3, -0.25) is 9.69 Å². The minimum Gasteiger partial charge on any atom is -0.391 e. The van der Waals surface area contributed by atoms with Crippen LogP contribution < -0.4 is 0 Å². The maximum Gasteiger partial charge on any atom is 0.270 e. The fourth-order valence-corrected chi connectivity index (χ4v) is 2.29. The molecule has 1 unspecified atom stereocenters. The number of nitrogens with zero attached hydrogens (tertiary/aromatic N) is 2. The third-order valence-electron chi connectivity index (χ3n) is 3.92. The van der Waals surface area contributed by atoms with Gasteiger partial charge in [-0.15, -0.1) is 0 Å². The molecule has 0 aromatic carbocycles. The first-order chi connectivity index (χ1) is 9.38. The molecule has 2 heterocycles. The fraction of sp³-hybridized carbons (Fsp3) is 0.667. The van der Waals surface area contributed by atoms with Crippen molar-refractivity contribution in [1.82, 2.24) is 14.8 Å². The van der Waals surface area contributed by atoms with Gasteiger partial charge in [-0.2, -0.15) is 0 Å². The van der Waals surface area contributed by atoms with Crippen LogP contribution in [0.2, 0.25) is 0 Å². The lowest BCUT2D eigenvalue weighted by Crippen LogP contribution is -2.51. The molecule has 5 heteroatoms. The number of carbonyl (C=O) groups excluding carboxylic acids is 1. The molecule has 0 spiro atoms. The Hall–Kier alpha value is -1.33. The minimum atomic E-state index is -0.340. The molecule has 0 radical (unpaired) electrons. The van der Waals surface area contributed by atoms with Crippen molar-refractivity contribution in [3.05, 3.63) is 24.0 Å². The summed E-state index contributed by atoms with van der Waals surface area (Å²) in [7, 11) is 0. The number of aromatic amines is 1. The van der Waals surface area contributed by atoms with Gasteiger partial charge in [-0.05, 0) is 17.5 Å². The SMILES string of the molecule is CC(C)(C)C(O)CN1CCN(C(=O)c2ccc[nH]2)CC1. The topological polar surface area (TPSA) is 59.6 Å². The van der Waals surface area contributed by atoms with Gasteiger partial charge < -0.3 is 15.0 Å². The summed E-state index contributed by atoms with van der Waals surface area (Å²) in [4.78, 5) is 19.2. The van der Waals surface area contributed by atoms with Crippen molar-refractivity contribution >= 4 is 5.91 Å². The first-order valence-electron chi connectivity index (χ1n) is 7.21. The number of piperazine rings is 1.